The van der Waals surface area contributed by atoms with Gasteiger partial charge in [0.15, 0.2) is 0 Å². The van der Waals surface area contributed by atoms with E-state index in [0.717, 1.165) is 44.3 Å². The van der Waals surface area contributed by atoms with Crippen molar-refractivity contribution in [3.8, 4) is 5.75 Å². The summed E-state index contributed by atoms with van der Waals surface area (Å²) < 4.78 is 11.0. The molecule has 1 aliphatic carbocycles. The molecule has 0 aromatic heterocycles. The molecule has 156 valence electrons. The SMILES string of the molecule is CCOc1ccc(NC(=O)[C@@H](C)NCC2(N3CCOCC3)CCCCC2)cc1. The molecule has 1 saturated heterocycles. The maximum atomic E-state index is 12.6. The zero-order valence-corrected chi connectivity index (χ0v) is 17.3. The molecule has 1 amide bonds. The predicted octanol–water partition coefficient (Wildman–Crippen LogP) is 3.04. The summed E-state index contributed by atoms with van der Waals surface area (Å²) in [5, 5.41) is 6.52. The van der Waals surface area contributed by atoms with E-state index >= 15 is 0 Å². The minimum absolute atomic E-state index is 0.00269. The highest BCUT2D eigenvalue weighted by Gasteiger charge is 2.38. The van der Waals surface area contributed by atoms with Gasteiger partial charge >= 0.3 is 0 Å². The number of anilines is 1. The maximum absolute atomic E-state index is 12.6. The van der Waals surface area contributed by atoms with Crippen LogP contribution in [0.15, 0.2) is 24.3 Å². The highest BCUT2D eigenvalue weighted by Crippen LogP contribution is 2.34. The number of nitrogens with zero attached hydrogens (tertiary/aromatic N) is 1. The molecule has 1 heterocycles. The van der Waals surface area contributed by atoms with Gasteiger partial charge in [0.05, 0.1) is 25.9 Å². The molecule has 0 spiro atoms. The number of carbonyl (C=O) groups is 1. The summed E-state index contributed by atoms with van der Waals surface area (Å²) in [6.07, 6.45) is 6.26. The third-order valence-corrected chi connectivity index (χ3v) is 6.03. The van der Waals surface area contributed by atoms with Gasteiger partial charge in [0.1, 0.15) is 5.75 Å². The Morgan fingerprint density at radius 3 is 2.50 bits per heavy atom. The standard InChI is InChI=1S/C22H35N3O3/c1-3-28-20-9-7-19(8-10-20)24-21(26)18(2)23-17-22(11-5-4-6-12-22)25-13-15-27-16-14-25/h7-10,18,23H,3-6,11-17H2,1-2H3,(H,24,26)/t18-/m1/s1. The lowest BCUT2D eigenvalue weighted by atomic mass is 9.79. The van der Waals surface area contributed by atoms with Crippen LogP contribution >= 0.6 is 0 Å². The van der Waals surface area contributed by atoms with Gasteiger partial charge in [-0.3, -0.25) is 9.69 Å². The van der Waals surface area contributed by atoms with Gasteiger partial charge in [-0.25, -0.2) is 0 Å². The molecule has 0 bridgehead atoms. The molecule has 1 atom stereocenters. The molecule has 2 fully saturated rings. The predicted molar refractivity (Wildman–Crippen MR) is 112 cm³/mol. The minimum atomic E-state index is -0.244. The monoisotopic (exact) mass is 389 g/mol. The highest BCUT2D eigenvalue weighted by atomic mass is 16.5. The van der Waals surface area contributed by atoms with E-state index in [1.165, 1.54) is 32.1 Å². The maximum Gasteiger partial charge on any atom is 0.241 e. The van der Waals surface area contributed by atoms with E-state index in [4.69, 9.17) is 9.47 Å². The smallest absolute Gasteiger partial charge is 0.241 e. The third-order valence-electron chi connectivity index (χ3n) is 6.03. The van der Waals surface area contributed by atoms with Crippen molar-refractivity contribution in [3.05, 3.63) is 24.3 Å². The normalized spacial score (nSPS) is 21.1. The second kappa shape index (κ2) is 10.2. The molecule has 1 aromatic rings. The molecule has 1 aliphatic heterocycles. The first-order valence-corrected chi connectivity index (χ1v) is 10.7. The number of benzene rings is 1. The van der Waals surface area contributed by atoms with E-state index in [-0.39, 0.29) is 17.5 Å². The van der Waals surface area contributed by atoms with E-state index in [1.807, 2.05) is 38.1 Å². The molecule has 1 saturated carbocycles. The summed E-state index contributed by atoms with van der Waals surface area (Å²) >= 11 is 0. The quantitative estimate of drug-likeness (QED) is 0.716. The fourth-order valence-electron chi connectivity index (χ4n) is 4.34. The van der Waals surface area contributed by atoms with E-state index < -0.39 is 0 Å². The van der Waals surface area contributed by atoms with Crippen LogP contribution in [0.2, 0.25) is 0 Å². The summed E-state index contributed by atoms with van der Waals surface area (Å²) in [6.45, 7) is 9.01. The van der Waals surface area contributed by atoms with Crippen LogP contribution in [0.1, 0.15) is 46.0 Å². The van der Waals surface area contributed by atoms with Crippen molar-refractivity contribution in [2.45, 2.75) is 57.5 Å². The molecule has 3 rings (SSSR count). The van der Waals surface area contributed by atoms with Crippen molar-refractivity contribution in [2.75, 3.05) is 44.8 Å². The molecule has 6 heteroatoms. The summed E-state index contributed by atoms with van der Waals surface area (Å²) in [6, 6.07) is 7.28. The van der Waals surface area contributed by atoms with Gasteiger partial charge in [0.25, 0.3) is 0 Å². The molecule has 2 N–H and O–H groups in total. The van der Waals surface area contributed by atoms with Crippen LogP contribution in [0, 0.1) is 0 Å². The number of carbonyl (C=O) groups excluding carboxylic acids is 1. The van der Waals surface area contributed by atoms with Gasteiger partial charge in [-0.05, 0) is 51.0 Å². The van der Waals surface area contributed by atoms with Crippen molar-refractivity contribution in [3.63, 3.8) is 0 Å². The molecular weight excluding hydrogens is 354 g/mol. The fourth-order valence-corrected chi connectivity index (χ4v) is 4.34. The van der Waals surface area contributed by atoms with E-state index in [1.54, 1.807) is 0 Å². The number of hydrogen-bond donors (Lipinski definition) is 2. The average molecular weight is 390 g/mol. The van der Waals surface area contributed by atoms with Crippen molar-refractivity contribution in [1.29, 1.82) is 0 Å². The van der Waals surface area contributed by atoms with Crippen LogP contribution in [-0.2, 0) is 9.53 Å². The summed E-state index contributed by atoms with van der Waals surface area (Å²) in [5.41, 5.74) is 0.957. The number of hydrogen-bond acceptors (Lipinski definition) is 5. The third kappa shape index (κ3) is 5.46. The summed E-state index contributed by atoms with van der Waals surface area (Å²) in [5.74, 6) is 0.813. The van der Waals surface area contributed by atoms with Gasteiger partial charge in [0.2, 0.25) is 5.91 Å². The number of amides is 1. The topological polar surface area (TPSA) is 62.8 Å². The van der Waals surface area contributed by atoms with Crippen LogP contribution in [-0.4, -0.2) is 61.8 Å². The average Bonchev–Trinajstić information content (AvgIpc) is 2.75. The van der Waals surface area contributed by atoms with Crippen molar-refractivity contribution < 1.29 is 14.3 Å². The van der Waals surface area contributed by atoms with Crippen molar-refractivity contribution in [2.24, 2.45) is 0 Å². The van der Waals surface area contributed by atoms with Gasteiger partial charge in [-0.15, -0.1) is 0 Å². The van der Waals surface area contributed by atoms with Crippen LogP contribution < -0.4 is 15.4 Å². The van der Waals surface area contributed by atoms with Crippen LogP contribution in [0.4, 0.5) is 5.69 Å². The zero-order chi connectivity index (χ0) is 19.8. The Morgan fingerprint density at radius 1 is 1.18 bits per heavy atom. The van der Waals surface area contributed by atoms with Gasteiger partial charge in [0, 0.05) is 30.9 Å². The molecular formula is C22H35N3O3. The van der Waals surface area contributed by atoms with Gasteiger partial charge in [-0.1, -0.05) is 19.3 Å². The zero-order valence-electron chi connectivity index (χ0n) is 17.3. The van der Waals surface area contributed by atoms with Crippen molar-refractivity contribution in [1.82, 2.24) is 10.2 Å². The minimum Gasteiger partial charge on any atom is -0.494 e. The highest BCUT2D eigenvalue weighted by molar-refractivity contribution is 5.94. The van der Waals surface area contributed by atoms with E-state index in [9.17, 15) is 4.79 Å². The first-order valence-electron chi connectivity index (χ1n) is 10.7. The Balaban J connectivity index is 1.54. The van der Waals surface area contributed by atoms with Crippen LogP contribution in [0.25, 0.3) is 0 Å². The lowest BCUT2D eigenvalue weighted by Gasteiger charge is -2.48. The summed E-state index contributed by atoms with van der Waals surface area (Å²) in [4.78, 5) is 15.2. The number of nitrogens with one attached hydrogen (secondary N) is 2. The Kier molecular flexibility index (Phi) is 7.71. The Labute approximate surface area is 169 Å². The van der Waals surface area contributed by atoms with E-state index in [2.05, 4.69) is 15.5 Å². The lowest BCUT2D eigenvalue weighted by molar-refractivity contribution is -0.118. The van der Waals surface area contributed by atoms with E-state index in [0.29, 0.717) is 6.61 Å². The Morgan fingerprint density at radius 2 is 1.86 bits per heavy atom. The number of ether oxygens (including phenoxy) is 2. The lowest BCUT2D eigenvalue weighted by Crippen LogP contribution is -2.60. The second-order valence-corrected chi connectivity index (χ2v) is 7.93. The van der Waals surface area contributed by atoms with Crippen LogP contribution in [0.5, 0.6) is 5.75 Å². The molecule has 0 radical (unpaired) electrons. The molecule has 1 aromatic carbocycles. The first kappa shape index (κ1) is 21.1. The summed E-state index contributed by atoms with van der Waals surface area (Å²) in [7, 11) is 0. The van der Waals surface area contributed by atoms with Gasteiger partial charge < -0.3 is 20.1 Å². The second-order valence-electron chi connectivity index (χ2n) is 7.93. The van der Waals surface area contributed by atoms with Crippen LogP contribution in [0.3, 0.4) is 0 Å². The Bertz CT molecular complexity index is 608. The number of morpholine rings is 1. The Hall–Kier alpha value is -1.63. The van der Waals surface area contributed by atoms with Crippen molar-refractivity contribution >= 4 is 11.6 Å². The molecule has 0 unspecified atom stereocenters. The van der Waals surface area contributed by atoms with Gasteiger partial charge in [-0.2, -0.15) is 0 Å². The molecule has 6 nitrogen and oxygen atoms in total. The largest absolute Gasteiger partial charge is 0.494 e. The first-order chi connectivity index (χ1) is 13.6. The molecule has 28 heavy (non-hydrogen) atoms. The molecule has 2 aliphatic rings. The fraction of sp³-hybridized carbons (Fsp3) is 0.682. The number of rotatable bonds is 8.